The molecule has 3 aliphatic rings. The highest BCUT2D eigenvalue weighted by molar-refractivity contribution is 5.84. The van der Waals surface area contributed by atoms with Crippen LogP contribution in [-0.4, -0.2) is 72.1 Å². The van der Waals surface area contributed by atoms with Crippen molar-refractivity contribution in [2.75, 3.05) is 39.3 Å². The molecular weight excluding hydrogens is 306 g/mol. The predicted octanol–water partition coefficient (Wildman–Crippen LogP) is 0.742. The van der Waals surface area contributed by atoms with Crippen LogP contribution in [0.25, 0.3) is 0 Å². The maximum atomic E-state index is 12.8. The van der Waals surface area contributed by atoms with Gasteiger partial charge in [0.05, 0.1) is 18.6 Å². The van der Waals surface area contributed by atoms with Crippen molar-refractivity contribution in [2.45, 2.75) is 57.4 Å². The zero-order valence-electron chi connectivity index (χ0n) is 14.6. The molecule has 3 rings (SSSR count). The molecule has 2 heterocycles. The van der Waals surface area contributed by atoms with Crippen molar-refractivity contribution < 1.29 is 14.7 Å². The molecule has 0 unspecified atom stereocenters. The summed E-state index contributed by atoms with van der Waals surface area (Å²) in [4.78, 5) is 29.0. The normalized spacial score (nSPS) is 29.4. The van der Waals surface area contributed by atoms with E-state index in [-0.39, 0.29) is 23.8 Å². The van der Waals surface area contributed by atoms with E-state index < -0.39 is 0 Å². The summed E-state index contributed by atoms with van der Waals surface area (Å²) >= 11 is 0. The number of hydrogen-bond acceptors (Lipinski definition) is 4. The Morgan fingerprint density at radius 2 is 1.96 bits per heavy atom. The van der Waals surface area contributed by atoms with Crippen LogP contribution in [0.5, 0.6) is 0 Å². The molecule has 6 nitrogen and oxygen atoms in total. The summed E-state index contributed by atoms with van der Waals surface area (Å²) < 4.78 is 0. The lowest BCUT2D eigenvalue weighted by Gasteiger charge is -2.39. The molecule has 1 atom stereocenters. The van der Waals surface area contributed by atoms with Gasteiger partial charge in [0.15, 0.2) is 0 Å². The second-order valence-corrected chi connectivity index (χ2v) is 7.76. The monoisotopic (exact) mass is 337 g/mol. The van der Waals surface area contributed by atoms with Gasteiger partial charge in [-0.25, -0.2) is 0 Å². The maximum Gasteiger partial charge on any atom is 0.234 e. The molecule has 6 heteroatoms. The van der Waals surface area contributed by atoms with Gasteiger partial charge >= 0.3 is 0 Å². The molecule has 3 fully saturated rings. The van der Waals surface area contributed by atoms with Crippen LogP contribution < -0.4 is 5.32 Å². The summed E-state index contributed by atoms with van der Waals surface area (Å²) in [5.41, 5.74) is -0.321. The second kappa shape index (κ2) is 7.83. The molecule has 0 aromatic carbocycles. The quantitative estimate of drug-likeness (QED) is 0.776. The van der Waals surface area contributed by atoms with Gasteiger partial charge in [0, 0.05) is 25.7 Å². The number of aliphatic hydroxyl groups is 1. The molecule has 24 heavy (non-hydrogen) atoms. The van der Waals surface area contributed by atoms with E-state index in [1.807, 2.05) is 0 Å². The van der Waals surface area contributed by atoms with Gasteiger partial charge in [-0.05, 0) is 38.6 Å². The van der Waals surface area contributed by atoms with Gasteiger partial charge in [0.2, 0.25) is 11.8 Å². The van der Waals surface area contributed by atoms with Crippen LogP contribution in [0.4, 0.5) is 0 Å². The van der Waals surface area contributed by atoms with Crippen molar-refractivity contribution >= 4 is 11.8 Å². The molecule has 2 amide bonds. The molecule has 0 bridgehead atoms. The van der Waals surface area contributed by atoms with Gasteiger partial charge in [-0.1, -0.05) is 19.3 Å². The van der Waals surface area contributed by atoms with Crippen LogP contribution in [0, 0.1) is 5.41 Å². The van der Waals surface area contributed by atoms with E-state index in [9.17, 15) is 9.59 Å². The SMILES string of the molecule is O=C(CN1CC[C@]2(CCCN(CCO)C2=O)C1)NC1CCCCC1. The van der Waals surface area contributed by atoms with Crippen LogP contribution >= 0.6 is 0 Å². The molecule has 0 radical (unpaired) electrons. The number of rotatable bonds is 5. The first-order valence-corrected chi connectivity index (χ1v) is 9.55. The Hall–Kier alpha value is -1.14. The van der Waals surface area contributed by atoms with E-state index in [2.05, 4.69) is 10.2 Å². The van der Waals surface area contributed by atoms with Crippen molar-refractivity contribution in [1.82, 2.24) is 15.1 Å². The van der Waals surface area contributed by atoms with Gasteiger partial charge < -0.3 is 15.3 Å². The highest BCUT2D eigenvalue weighted by Crippen LogP contribution is 2.39. The van der Waals surface area contributed by atoms with E-state index in [0.29, 0.717) is 25.7 Å². The number of nitrogens with zero attached hydrogens (tertiary/aromatic N) is 2. The summed E-state index contributed by atoms with van der Waals surface area (Å²) in [5.74, 6) is 0.285. The highest BCUT2D eigenvalue weighted by Gasteiger charge is 2.48. The minimum Gasteiger partial charge on any atom is -0.395 e. The Balaban J connectivity index is 1.50. The third kappa shape index (κ3) is 3.91. The number of hydrogen-bond donors (Lipinski definition) is 2. The maximum absolute atomic E-state index is 12.8. The second-order valence-electron chi connectivity index (χ2n) is 7.76. The molecule has 2 aliphatic heterocycles. The van der Waals surface area contributed by atoms with Gasteiger partial charge in [-0.15, -0.1) is 0 Å². The van der Waals surface area contributed by atoms with Crippen LogP contribution in [0.15, 0.2) is 0 Å². The smallest absolute Gasteiger partial charge is 0.234 e. The van der Waals surface area contributed by atoms with Crippen LogP contribution in [0.3, 0.4) is 0 Å². The van der Waals surface area contributed by atoms with Crippen molar-refractivity contribution in [3.8, 4) is 0 Å². The Morgan fingerprint density at radius 1 is 1.17 bits per heavy atom. The molecule has 136 valence electrons. The van der Waals surface area contributed by atoms with Gasteiger partial charge in [0.1, 0.15) is 0 Å². The largest absolute Gasteiger partial charge is 0.395 e. The lowest BCUT2D eigenvalue weighted by atomic mass is 9.78. The third-order valence-corrected chi connectivity index (χ3v) is 5.96. The number of carbonyl (C=O) groups is 2. The van der Waals surface area contributed by atoms with E-state index >= 15 is 0 Å². The van der Waals surface area contributed by atoms with Crippen LogP contribution in [0.1, 0.15) is 51.4 Å². The number of carbonyl (C=O) groups excluding carboxylic acids is 2. The minimum atomic E-state index is -0.321. The Kier molecular flexibility index (Phi) is 5.76. The molecule has 1 saturated carbocycles. The van der Waals surface area contributed by atoms with Crippen LogP contribution in [0.2, 0.25) is 0 Å². The standard InChI is InChI=1S/C18H31N3O3/c22-12-11-21-9-4-7-18(17(21)24)8-10-20(14-18)13-16(23)19-15-5-2-1-3-6-15/h15,22H,1-14H2,(H,19,23)/t18-/m1/s1. The lowest BCUT2D eigenvalue weighted by Crippen LogP contribution is -2.51. The van der Waals surface area contributed by atoms with Crippen molar-refractivity contribution in [2.24, 2.45) is 5.41 Å². The third-order valence-electron chi connectivity index (χ3n) is 5.96. The average Bonchev–Trinajstić information content (AvgIpc) is 2.97. The van der Waals surface area contributed by atoms with Crippen molar-refractivity contribution in [1.29, 1.82) is 0 Å². The predicted molar refractivity (Wildman–Crippen MR) is 91.4 cm³/mol. The molecule has 2 N–H and O–H groups in total. The van der Waals surface area contributed by atoms with Crippen LogP contribution in [-0.2, 0) is 9.59 Å². The summed E-state index contributed by atoms with van der Waals surface area (Å²) in [6, 6.07) is 0.346. The number of piperidine rings is 1. The molecule has 0 aromatic heterocycles. The molecular formula is C18H31N3O3. The molecule has 2 saturated heterocycles. The fraction of sp³-hybridized carbons (Fsp3) is 0.889. The summed E-state index contributed by atoms with van der Waals surface area (Å²) in [6.45, 7) is 3.12. The Morgan fingerprint density at radius 3 is 2.71 bits per heavy atom. The van der Waals surface area contributed by atoms with Gasteiger partial charge in [-0.2, -0.15) is 0 Å². The summed E-state index contributed by atoms with van der Waals surface area (Å²) in [7, 11) is 0. The average molecular weight is 337 g/mol. The topological polar surface area (TPSA) is 72.9 Å². The molecule has 0 aromatic rings. The highest BCUT2D eigenvalue weighted by atomic mass is 16.3. The fourth-order valence-electron chi connectivity index (χ4n) is 4.68. The first-order valence-electron chi connectivity index (χ1n) is 9.55. The first-order chi connectivity index (χ1) is 11.6. The van der Waals surface area contributed by atoms with E-state index in [1.54, 1.807) is 4.90 Å². The molecule has 1 spiro atoms. The zero-order valence-corrected chi connectivity index (χ0v) is 14.6. The number of aliphatic hydroxyl groups excluding tert-OH is 1. The summed E-state index contributed by atoms with van der Waals surface area (Å²) in [5, 5.41) is 12.3. The Bertz CT molecular complexity index is 462. The minimum absolute atomic E-state index is 0.0231. The van der Waals surface area contributed by atoms with E-state index in [0.717, 1.165) is 45.2 Å². The number of β-amino-alcohol motifs (C(OH)–C–C–N with tert-alkyl or cyclic N) is 1. The first kappa shape index (κ1) is 17.7. The number of nitrogens with one attached hydrogen (secondary N) is 1. The van der Waals surface area contributed by atoms with Crippen molar-refractivity contribution in [3.63, 3.8) is 0 Å². The Labute approximate surface area is 144 Å². The van der Waals surface area contributed by atoms with E-state index in [1.165, 1.54) is 19.3 Å². The fourth-order valence-corrected chi connectivity index (χ4v) is 4.68. The number of amides is 2. The zero-order chi connectivity index (χ0) is 17.0. The summed E-state index contributed by atoms with van der Waals surface area (Å²) in [6.07, 6.45) is 8.66. The van der Waals surface area contributed by atoms with Gasteiger partial charge in [0.25, 0.3) is 0 Å². The van der Waals surface area contributed by atoms with E-state index in [4.69, 9.17) is 5.11 Å². The number of likely N-dealkylation sites (tertiary alicyclic amines) is 2. The lowest BCUT2D eigenvalue weighted by molar-refractivity contribution is -0.146. The molecule has 1 aliphatic carbocycles. The van der Waals surface area contributed by atoms with Crippen molar-refractivity contribution in [3.05, 3.63) is 0 Å². The van der Waals surface area contributed by atoms with Gasteiger partial charge in [-0.3, -0.25) is 14.5 Å².